The van der Waals surface area contributed by atoms with Crippen LogP contribution in [-0.4, -0.2) is 22.2 Å². The van der Waals surface area contributed by atoms with E-state index in [0.717, 1.165) is 12.8 Å². The fourth-order valence-corrected chi connectivity index (χ4v) is 2.97. The third-order valence-electron chi connectivity index (χ3n) is 4.83. The summed E-state index contributed by atoms with van der Waals surface area (Å²) in [6.45, 7) is 4.45. The molecule has 31 heavy (non-hydrogen) atoms. The van der Waals surface area contributed by atoms with E-state index in [4.69, 9.17) is 10.2 Å². The van der Waals surface area contributed by atoms with Crippen molar-refractivity contribution in [1.82, 2.24) is 0 Å². The maximum atomic E-state index is 10.2. The molecule has 178 valence electrons. The van der Waals surface area contributed by atoms with Gasteiger partial charge in [-0.2, -0.15) is 0 Å². The van der Waals surface area contributed by atoms with Crippen LogP contribution in [0.25, 0.3) is 0 Å². The Labute approximate surface area is 204 Å². The molecular formula is C26H48O4Zn. The molecule has 0 atom stereocenters. The Bertz CT molecular complexity index is 393. The molecule has 0 radical (unpaired) electrons. The number of carboxylic acids is 2. The molecule has 0 aliphatic rings. The van der Waals surface area contributed by atoms with Gasteiger partial charge in [-0.05, 0) is 38.5 Å². The maximum Gasteiger partial charge on any atom is 0.303 e. The summed E-state index contributed by atoms with van der Waals surface area (Å²) in [5.41, 5.74) is 0. The predicted octanol–water partition coefficient (Wildman–Crippen LogP) is 8.31. The van der Waals surface area contributed by atoms with Gasteiger partial charge in [0.15, 0.2) is 0 Å². The Morgan fingerprint density at radius 3 is 1.13 bits per heavy atom. The molecule has 0 saturated heterocycles. The van der Waals surface area contributed by atoms with Gasteiger partial charge in [0.1, 0.15) is 0 Å². The van der Waals surface area contributed by atoms with Gasteiger partial charge in [-0.15, -0.1) is 0 Å². The zero-order chi connectivity index (χ0) is 22.7. The summed E-state index contributed by atoms with van der Waals surface area (Å²) < 4.78 is 0. The van der Waals surface area contributed by atoms with E-state index in [1.54, 1.807) is 0 Å². The van der Waals surface area contributed by atoms with Crippen LogP contribution in [0, 0.1) is 0 Å². The number of aliphatic carboxylic acids is 2. The van der Waals surface area contributed by atoms with Crippen molar-refractivity contribution in [3.63, 3.8) is 0 Å². The molecule has 0 aliphatic carbocycles. The van der Waals surface area contributed by atoms with Gasteiger partial charge in [0.05, 0.1) is 0 Å². The summed E-state index contributed by atoms with van der Waals surface area (Å²) in [7, 11) is 0. The van der Waals surface area contributed by atoms with Crippen LogP contribution in [0.15, 0.2) is 24.3 Å². The van der Waals surface area contributed by atoms with E-state index in [0.29, 0.717) is 12.8 Å². The molecule has 0 aromatic heterocycles. The number of carbonyl (C=O) groups is 2. The van der Waals surface area contributed by atoms with Crippen LogP contribution in [-0.2, 0) is 29.1 Å². The first-order chi connectivity index (χ1) is 14.5. The third kappa shape index (κ3) is 40.0. The van der Waals surface area contributed by atoms with Crippen LogP contribution >= 0.6 is 0 Å². The van der Waals surface area contributed by atoms with Crippen molar-refractivity contribution >= 4 is 11.9 Å². The van der Waals surface area contributed by atoms with Crippen LogP contribution < -0.4 is 0 Å². The van der Waals surface area contributed by atoms with Crippen LogP contribution in [0.2, 0.25) is 0 Å². The van der Waals surface area contributed by atoms with Gasteiger partial charge in [0.2, 0.25) is 0 Å². The van der Waals surface area contributed by atoms with Gasteiger partial charge in [-0.1, -0.05) is 102 Å². The Balaban J connectivity index is -0.000000490. The van der Waals surface area contributed by atoms with Crippen molar-refractivity contribution < 1.29 is 39.3 Å². The van der Waals surface area contributed by atoms with Crippen molar-refractivity contribution in [3.05, 3.63) is 24.3 Å². The molecule has 0 aliphatic heterocycles. The minimum absolute atomic E-state index is 0. The van der Waals surface area contributed by atoms with E-state index >= 15 is 0 Å². The number of rotatable bonds is 20. The Morgan fingerprint density at radius 1 is 0.516 bits per heavy atom. The molecule has 0 bridgehead atoms. The maximum absolute atomic E-state index is 10.2. The number of unbranched alkanes of at least 4 members (excludes halogenated alkanes) is 12. The van der Waals surface area contributed by atoms with E-state index in [9.17, 15) is 9.59 Å². The monoisotopic (exact) mass is 488 g/mol. The molecule has 0 heterocycles. The summed E-state index contributed by atoms with van der Waals surface area (Å²) in [4.78, 5) is 20.4. The molecule has 0 fully saturated rings. The first-order valence-electron chi connectivity index (χ1n) is 12.3. The van der Waals surface area contributed by atoms with E-state index in [-0.39, 0.29) is 32.3 Å². The molecule has 0 aromatic carbocycles. The van der Waals surface area contributed by atoms with Crippen molar-refractivity contribution in [3.8, 4) is 0 Å². The van der Waals surface area contributed by atoms with Gasteiger partial charge in [-0.25, -0.2) is 0 Å². The SMILES string of the molecule is CCCCCCCCC=CCCC(=O)O.CCCCCCCCC=CCCC(=O)O.[Zn]. The average molecular weight is 490 g/mol. The van der Waals surface area contributed by atoms with Gasteiger partial charge in [-0.3, -0.25) is 9.59 Å². The normalized spacial score (nSPS) is 10.6. The topological polar surface area (TPSA) is 74.6 Å². The fourth-order valence-electron chi connectivity index (χ4n) is 2.97. The third-order valence-corrected chi connectivity index (χ3v) is 4.83. The Morgan fingerprint density at radius 2 is 0.806 bits per heavy atom. The fraction of sp³-hybridized carbons (Fsp3) is 0.769. The summed E-state index contributed by atoms with van der Waals surface area (Å²) in [5.74, 6) is -1.42. The molecule has 0 unspecified atom stereocenters. The van der Waals surface area contributed by atoms with Crippen molar-refractivity contribution in [2.24, 2.45) is 0 Å². The molecule has 0 saturated carbocycles. The van der Waals surface area contributed by atoms with E-state index in [2.05, 4.69) is 26.0 Å². The molecule has 0 amide bonds. The minimum atomic E-state index is -0.709. The molecule has 0 spiro atoms. The average Bonchev–Trinajstić information content (AvgIpc) is 2.71. The van der Waals surface area contributed by atoms with Crippen LogP contribution in [0.3, 0.4) is 0 Å². The van der Waals surface area contributed by atoms with E-state index in [1.807, 2.05) is 12.2 Å². The molecule has 4 nitrogen and oxygen atoms in total. The summed E-state index contributed by atoms with van der Waals surface area (Å²) in [6, 6.07) is 0. The zero-order valence-corrected chi connectivity index (χ0v) is 23.4. The Hall–Kier alpha value is -0.957. The molecule has 0 aromatic rings. The summed E-state index contributed by atoms with van der Waals surface area (Å²) in [6.07, 6.45) is 28.1. The minimum Gasteiger partial charge on any atom is -0.481 e. The second-order valence-electron chi connectivity index (χ2n) is 7.92. The molecule has 2 N–H and O–H groups in total. The number of carboxylic acid groups (broad SMARTS) is 2. The molecule has 5 heteroatoms. The zero-order valence-electron chi connectivity index (χ0n) is 20.5. The summed E-state index contributed by atoms with van der Waals surface area (Å²) >= 11 is 0. The van der Waals surface area contributed by atoms with Crippen LogP contribution in [0.1, 0.15) is 129 Å². The second kappa shape index (κ2) is 31.2. The standard InChI is InChI=1S/2C13H24O2.Zn/c2*1-2-3-4-5-6-7-8-9-10-11-12-13(14)15;/h2*9-10H,2-8,11-12H2,1H3,(H,14,15);. The number of hydrogen-bond donors (Lipinski definition) is 2. The van der Waals surface area contributed by atoms with Crippen LogP contribution in [0.5, 0.6) is 0 Å². The van der Waals surface area contributed by atoms with Gasteiger partial charge < -0.3 is 10.2 Å². The predicted molar refractivity (Wildman–Crippen MR) is 128 cm³/mol. The molecular weight excluding hydrogens is 442 g/mol. The van der Waals surface area contributed by atoms with E-state index < -0.39 is 11.9 Å². The number of allylic oxidation sites excluding steroid dienone is 4. The van der Waals surface area contributed by atoms with Gasteiger partial charge in [0, 0.05) is 32.3 Å². The van der Waals surface area contributed by atoms with Crippen LogP contribution in [0.4, 0.5) is 0 Å². The summed E-state index contributed by atoms with van der Waals surface area (Å²) in [5, 5.41) is 16.8. The Kier molecular flexibility index (Phi) is 34.9. The quantitative estimate of drug-likeness (QED) is 0.102. The van der Waals surface area contributed by atoms with Crippen molar-refractivity contribution in [1.29, 1.82) is 0 Å². The first kappa shape index (κ1) is 34.7. The smallest absolute Gasteiger partial charge is 0.303 e. The van der Waals surface area contributed by atoms with Crippen molar-refractivity contribution in [2.75, 3.05) is 0 Å². The van der Waals surface area contributed by atoms with E-state index in [1.165, 1.54) is 77.0 Å². The first-order valence-corrected chi connectivity index (χ1v) is 12.3. The number of hydrogen-bond acceptors (Lipinski definition) is 2. The largest absolute Gasteiger partial charge is 0.481 e. The van der Waals surface area contributed by atoms with Crippen molar-refractivity contribution in [2.45, 2.75) is 129 Å². The second-order valence-corrected chi connectivity index (χ2v) is 7.92. The van der Waals surface area contributed by atoms with Gasteiger partial charge in [0.25, 0.3) is 0 Å². The molecule has 0 rings (SSSR count). The van der Waals surface area contributed by atoms with Gasteiger partial charge >= 0.3 is 11.9 Å².